The van der Waals surface area contributed by atoms with Gasteiger partial charge in [0, 0.05) is 32.4 Å². The van der Waals surface area contributed by atoms with Crippen molar-refractivity contribution in [2.45, 2.75) is 13.1 Å². The minimum atomic E-state index is 0.786. The lowest BCUT2D eigenvalue weighted by atomic mass is 10.1. The van der Waals surface area contributed by atoms with E-state index in [0.717, 1.165) is 31.9 Å². The lowest BCUT2D eigenvalue weighted by Crippen LogP contribution is -2.21. The standard InChI is InChI=1S/C11H16N2O/c1-14-6-5-13-7-9-3-2-4-11(12)10(9)8-13/h2-4H,5-8,12H2,1H3. The van der Waals surface area contributed by atoms with Crippen molar-refractivity contribution < 1.29 is 4.74 Å². The molecule has 0 bridgehead atoms. The van der Waals surface area contributed by atoms with Gasteiger partial charge in [0.1, 0.15) is 0 Å². The second-order valence-corrected chi connectivity index (χ2v) is 3.69. The lowest BCUT2D eigenvalue weighted by Gasteiger charge is -2.13. The first-order valence-corrected chi connectivity index (χ1v) is 4.89. The topological polar surface area (TPSA) is 38.5 Å². The highest BCUT2D eigenvalue weighted by Gasteiger charge is 2.19. The van der Waals surface area contributed by atoms with Crippen molar-refractivity contribution in [3.05, 3.63) is 29.3 Å². The molecular weight excluding hydrogens is 176 g/mol. The number of anilines is 1. The van der Waals surface area contributed by atoms with Gasteiger partial charge in [-0.05, 0) is 17.2 Å². The van der Waals surface area contributed by atoms with Crippen LogP contribution in [0.5, 0.6) is 0 Å². The van der Waals surface area contributed by atoms with Crippen LogP contribution >= 0.6 is 0 Å². The maximum absolute atomic E-state index is 5.90. The largest absolute Gasteiger partial charge is 0.398 e. The van der Waals surface area contributed by atoms with Gasteiger partial charge in [-0.1, -0.05) is 12.1 Å². The Labute approximate surface area is 84.5 Å². The third kappa shape index (κ3) is 1.74. The number of benzene rings is 1. The summed E-state index contributed by atoms with van der Waals surface area (Å²) in [6, 6.07) is 6.14. The van der Waals surface area contributed by atoms with Crippen LogP contribution in [0, 0.1) is 0 Å². The molecule has 2 N–H and O–H groups in total. The number of hydrogen-bond donors (Lipinski definition) is 1. The van der Waals surface area contributed by atoms with Crippen molar-refractivity contribution in [1.82, 2.24) is 4.90 Å². The van der Waals surface area contributed by atoms with Crippen molar-refractivity contribution in [3.8, 4) is 0 Å². The van der Waals surface area contributed by atoms with E-state index >= 15 is 0 Å². The van der Waals surface area contributed by atoms with Crippen molar-refractivity contribution in [1.29, 1.82) is 0 Å². The van der Waals surface area contributed by atoms with Crippen molar-refractivity contribution in [2.75, 3.05) is 26.0 Å². The average molecular weight is 192 g/mol. The summed E-state index contributed by atoms with van der Waals surface area (Å²) in [5.74, 6) is 0. The fraction of sp³-hybridized carbons (Fsp3) is 0.455. The number of methoxy groups -OCH3 is 1. The Morgan fingerprint density at radius 2 is 2.29 bits per heavy atom. The van der Waals surface area contributed by atoms with Crippen LogP contribution in [0.4, 0.5) is 5.69 Å². The summed E-state index contributed by atoms with van der Waals surface area (Å²) in [5.41, 5.74) is 9.48. The fourth-order valence-corrected chi connectivity index (χ4v) is 1.89. The summed E-state index contributed by atoms with van der Waals surface area (Å²) in [6.07, 6.45) is 0. The van der Waals surface area contributed by atoms with Crippen LogP contribution in [-0.4, -0.2) is 25.2 Å². The van der Waals surface area contributed by atoms with Gasteiger partial charge in [-0.3, -0.25) is 4.90 Å². The van der Waals surface area contributed by atoms with E-state index < -0.39 is 0 Å². The first-order valence-electron chi connectivity index (χ1n) is 4.89. The summed E-state index contributed by atoms with van der Waals surface area (Å²) in [7, 11) is 1.73. The third-order valence-electron chi connectivity index (χ3n) is 2.70. The molecule has 2 rings (SSSR count). The summed E-state index contributed by atoms with van der Waals surface area (Å²) in [6.45, 7) is 3.73. The van der Waals surface area contributed by atoms with Crippen molar-refractivity contribution in [3.63, 3.8) is 0 Å². The SMILES string of the molecule is COCCN1Cc2cccc(N)c2C1. The summed E-state index contributed by atoms with van der Waals surface area (Å²) < 4.78 is 5.06. The molecule has 0 radical (unpaired) electrons. The lowest BCUT2D eigenvalue weighted by molar-refractivity contribution is 0.148. The molecule has 76 valence electrons. The smallest absolute Gasteiger partial charge is 0.0589 e. The Hall–Kier alpha value is -1.06. The summed E-state index contributed by atoms with van der Waals surface area (Å²) in [5, 5.41) is 0. The molecule has 0 aromatic heterocycles. The highest BCUT2D eigenvalue weighted by atomic mass is 16.5. The second-order valence-electron chi connectivity index (χ2n) is 3.69. The van der Waals surface area contributed by atoms with Crippen LogP contribution in [0.25, 0.3) is 0 Å². The van der Waals surface area contributed by atoms with E-state index in [0.29, 0.717) is 0 Å². The molecule has 1 aliphatic heterocycles. The summed E-state index contributed by atoms with van der Waals surface area (Å²) in [4.78, 5) is 2.35. The Balaban J connectivity index is 2.06. The molecule has 1 aromatic carbocycles. The van der Waals surface area contributed by atoms with Gasteiger partial charge in [-0.2, -0.15) is 0 Å². The molecule has 3 heteroatoms. The van der Waals surface area contributed by atoms with Gasteiger partial charge in [0.15, 0.2) is 0 Å². The molecule has 1 heterocycles. The molecule has 1 aliphatic rings. The Kier molecular flexibility index (Phi) is 2.70. The molecule has 0 unspecified atom stereocenters. The number of nitrogens with two attached hydrogens (primary N) is 1. The number of nitrogens with zero attached hydrogens (tertiary/aromatic N) is 1. The number of fused-ring (bicyclic) bond motifs is 1. The second kappa shape index (κ2) is 3.98. The van der Waals surface area contributed by atoms with E-state index in [1.165, 1.54) is 11.1 Å². The van der Waals surface area contributed by atoms with E-state index in [1.54, 1.807) is 7.11 Å². The first kappa shape index (κ1) is 9.49. The van der Waals surface area contributed by atoms with Crippen molar-refractivity contribution >= 4 is 5.69 Å². The van der Waals surface area contributed by atoms with E-state index in [2.05, 4.69) is 11.0 Å². The van der Waals surface area contributed by atoms with Crippen LogP contribution in [0.2, 0.25) is 0 Å². The molecule has 0 fully saturated rings. The van der Waals surface area contributed by atoms with Gasteiger partial charge in [-0.15, -0.1) is 0 Å². The van der Waals surface area contributed by atoms with Crippen LogP contribution in [0.15, 0.2) is 18.2 Å². The number of nitrogen functional groups attached to an aromatic ring is 1. The minimum absolute atomic E-state index is 0.786. The van der Waals surface area contributed by atoms with Gasteiger partial charge in [-0.25, -0.2) is 0 Å². The predicted octanol–water partition coefficient (Wildman–Crippen LogP) is 1.23. The highest BCUT2D eigenvalue weighted by molar-refractivity contribution is 5.52. The van der Waals surface area contributed by atoms with E-state index in [9.17, 15) is 0 Å². The summed E-state index contributed by atoms with van der Waals surface area (Å²) >= 11 is 0. The quantitative estimate of drug-likeness (QED) is 0.732. The van der Waals surface area contributed by atoms with Crippen LogP contribution in [0.1, 0.15) is 11.1 Å². The molecule has 0 saturated heterocycles. The Morgan fingerprint density at radius 1 is 1.43 bits per heavy atom. The molecule has 1 aromatic rings. The molecule has 0 aliphatic carbocycles. The number of ether oxygens (including phenoxy) is 1. The number of hydrogen-bond acceptors (Lipinski definition) is 3. The third-order valence-corrected chi connectivity index (χ3v) is 2.70. The van der Waals surface area contributed by atoms with E-state index in [1.807, 2.05) is 12.1 Å². The average Bonchev–Trinajstić information content (AvgIpc) is 2.59. The zero-order chi connectivity index (χ0) is 9.97. The Bertz CT molecular complexity index is 325. The van der Waals surface area contributed by atoms with Crippen LogP contribution < -0.4 is 5.73 Å². The molecule has 3 nitrogen and oxygen atoms in total. The fourth-order valence-electron chi connectivity index (χ4n) is 1.89. The number of rotatable bonds is 3. The Morgan fingerprint density at radius 3 is 3.00 bits per heavy atom. The van der Waals surface area contributed by atoms with Gasteiger partial charge >= 0.3 is 0 Å². The normalized spacial score (nSPS) is 15.8. The van der Waals surface area contributed by atoms with Gasteiger partial charge in [0.05, 0.1) is 6.61 Å². The zero-order valence-electron chi connectivity index (χ0n) is 8.49. The molecule has 0 spiro atoms. The van der Waals surface area contributed by atoms with E-state index in [-0.39, 0.29) is 0 Å². The van der Waals surface area contributed by atoms with Crippen molar-refractivity contribution in [2.24, 2.45) is 0 Å². The molecule has 0 amide bonds. The molecular formula is C11H16N2O. The monoisotopic (exact) mass is 192 g/mol. The van der Waals surface area contributed by atoms with Crippen LogP contribution in [-0.2, 0) is 17.8 Å². The maximum atomic E-state index is 5.90. The molecule has 0 atom stereocenters. The highest BCUT2D eigenvalue weighted by Crippen LogP contribution is 2.26. The first-order chi connectivity index (χ1) is 6.81. The molecule has 14 heavy (non-hydrogen) atoms. The predicted molar refractivity (Wildman–Crippen MR) is 56.8 cm³/mol. The zero-order valence-corrected chi connectivity index (χ0v) is 8.49. The van der Waals surface area contributed by atoms with Gasteiger partial charge in [0.25, 0.3) is 0 Å². The van der Waals surface area contributed by atoms with E-state index in [4.69, 9.17) is 10.5 Å². The van der Waals surface area contributed by atoms with Crippen LogP contribution in [0.3, 0.4) is 0 Å². The maximum Gasteiger partial charge on any atom is 0.0589 e. The molecule has 0 saturated carbocycles. The minimum Gasteiger partial charge on any atom is -0.398 e. The van der Waals surface area contributed by atoms with Gasteiger partial charge in [0.2, 0.25) is 0 Å². The van der Waals surface area contributed by atoms with Gasteiger partial charge < -0.3 is 10.5 Å².